The van der Waals surface area contributed by atoms with Crippen LogP contribution in [0.15, 0.2) is 47.6 Å². The van der Waals surface area contributed by atoms with Gasteiger partial charge in [-0.3, -0.25) is 0 Å². The maximum absolute atomic E-state index is 6.01. The standard InChI is InChI=1S/C21H23ClN2O2S/c1-3-6-15-7-10-19(20(13-15)25-2)26-11-4-5-12-27-21-23-17-9-8-16(22)14-18(17)24-21/h3,6-10,13-14H,4-5,11-12H2,1-2H3,(H,23,24)/b6-3+. The molecule has 0 bridgehead atoms. The minimum atomic E-state index is 0.662. The second-order valence-electron chi connectivity index (χ2n) is 6.02. The molecular weight excluding hydrogens is 380 g/mol. The van der Waals surface area contributed by atoms with E-state index in [1.54, 1.807) is 18.9 Å². The van der Waals surface area contributed by atoms with Crippen LogP contribution in [0.4, 0.5) is 0 Å². The molecule has 2 aromatic carbocycles. The zero-order valence-corrected chi connectivity index (χ0v) is 17.1. The highest BCUT2D eigenvalue weighted by Gasteiger charge is 2.06. The molecule has 0 radical (unpaired) electrons. The van der Waals surface area contributed by atoms with Gasteiger partial charge in [-0.05, 0) is 55.7 Å². The fraction of sp³-hybridized carbons (Fsp3) is 0.286. The lowest BCUT2D eigenvalue weighted by molar-refractivity contribution is 0.288. The number of aromatic amines is 1. The summed E-state index contributed by atoms with van der Waals surface area (Å²) in [7, 11) is 1.67. The summed E-state index contributed by atoms with van der Waals surface area (Å²) in [4.78, 5) is 7.86. The summed E-state index contributed by atoms with van der Waals surface area (Å²) >= 11 is 7.72. The first kappa shape index (κ1) is 19.6. The number of rotatable bonds is 9. The molecule has 0 aliphatic carbocycles. The first-order chi connectivity index (χ1) is 13.2. The Morgan fingerprint density at radius 3 is 2.85 bits per heavy atom. The van der Waals surface area contributed by atoms with Gasteiger partial charge >= 0.3 is 0 Å². The molecule has 0 amide bonds. The van der Waals surface area contributed by atoms with Gasteiger partial charge in [-0.1, -0.05) is 41.6 Å². The van der Waals surface area contributed by atoms with Gasteiger partial charge in [0.2, 0.25) is 0 Å². The zero-order chi connectivity index (χ0) is 19.1. The van der Waals surface area contributed by atoms with E-state index in [2.05, 4.69) is 9.97 Å². The quantitative estimate of drug-likeness (QED) is 0.341. The number of fused-ring (bicyclic) bond motifs is 1. The van der Waals surface area contributed by atoms with E-state index >= 15 is 0 Å². The van der Waals surface area contributed by atoms with Gasteiger partial charge in [-0.2, -0.15) is 0 Å². The summed E-state index contributed by atoms with van der Waals surface area (Å²) in [6.45, 7) is 2.66. The van der Waals surface area contributed by atoms with E-state index in [1.165, 1.54) is 0 Å². The third-order valence-electron chi connectivity index (χ3n) is 4.00. The molecule has 0 spiro atoms. The topological polar surface area (TPSA) is 47.1 Å². The van der Waals surface area contributed by atoms with Crippen LogP contribution in [-0.2, 0) is 0 Å². The molecule has 142 valence electrons. The minimum Gasteiger partial charge on any atom is -0.493 e. The molecule has 0 atom stereocenters. The molecule has 4 nitrogen and oxygen atoms in total. The van der Waals surface area contributed by atoms with Crippen molar-refractivity contribution in [3.8, 4) is 11.5 Å². The molecular formula is C21H23ClN2O2S. The Bertz CT molecular complexity index is 924. The number of ether oxygens (including phenoxy) is 2. The number of aromatic nitrogens is 2. The summed E-state index contributed by atoms with van der Waals surface area (Å²) in [5, 5.41) is 1.64. The van der Waals surface area contributed by atoms with Crippen molar-refractivity contribution < 1.29 is 9.47 Å². The van der Waals surface area contributed by atoms with E-state index in [9.17, 15) is 0 Å². The molecule has 1 heterocycles. The number of nitrogens with zero attached hydrogens (tertiary/aromatic N) is 1. The Morgan fingerprint density at radius 1 is 1.15 bits per heavy atom. The van der Waals surface area contributed by atoms with Gasteiger partial charge in [0.05, 0.1) is 24.8 Å². The number of hydrogen-bond donors (Lipinski definition) is 1. The third kappa shape index (κ3) is 5.44. The first-order valence-corrected chi connectivity index (χ1v) is 10.3. The number of allylic oxidation sites excluding steroid dienone is 1. The number of benzene rings is 2. The molecule has 0 fully saturated rings. The lowest BCUT2D eigenvalue weighted by atomic mass is 10.2. The molecule has 27 heavy (non-hydrogen) atoms. The van der Waals surface area contributed by atoms with Crippen LogP contribution in [0.3, 0.4) is 0 Å². The fourth-order valence-electron chi connectivity index (χ4n) is 2.68. The number of methoxy groups -OCH3 is 1. The van der Waals surface area contributed by atoms with E-state index in [-0.39, 0.29) is 0 Å². The zero-order valence-electron chi connectivity index (χ0n) is 15.5. The molecule has 0 saturated carbocycles. The average molecular weight is 403 g/mol. The van der Waals surface area contributed by atoms with Gasteiger partial charge in [0.1, 0.15) is 0 Å². The van der Waals surface area contributed by atoms with E-state index in [4.69, 9.17) is 21.1 Å². The maximum atomic E-state index is 6.01. The van der Waals surface area contributed by atoms with Crippen molar-refractivity contribution in [2.45, 2.75) is 24.9 Å². The van der Waals surface area contributed by atoms with Crippen LogP contribution in [0.1, 0.15) is 25.3 Å². The summed E-state index contributed by atoms with van der Waals surface area (Å²) in [6, 6.07) is 11.7. The van der Waals surface area contributed by atoms with Crippen LogP contribution in [0.2, 0.25) is 5.02 Å². The number of H-pyrrole nitrogens is 1. The number of halogens is 1. The summed E-state index contributed by atoms with van der Waals surface area (Å²) in [6.07, 6.45) is 6.05. The number of nitrogens with one attached hydrogen (secondary N) is 1. The molecule has 0 aliphatic rings. The molecule has 3 rings (SSSR count). The predicted molar refractivity (Wildman–Crippen MR) is 114 cm³/mol. The van der Waals surface area contributed by atoms with Gasteiger partial charge in [-0.15, -0.1) is 0 Å². The molecule has 6 heteroatoms. The normalized spacial score (nSPS) is 11.4. The van der Waals surface area contributed by atoms with Crippen molar-refractivity contribution in [2.24, 2.45) is 0 Å². The van der Waals surface area contributed by atoms with Crippen LogP contribution in [0, 0.1) is 0 Å². The maximum Gasteiger partial charge on any atom is 0.166 e. The Balaban J connectivity index is 1.42. The molecule has 0 unspecified atom stereocenters. The monoisotopic (exact) mass is 402 g/mol. The highest BCUT2D eigenvalue weighted by Crippen LogP contribution is 2.29. The second-order valence-corrected chi connectivity index (χ2v) is 7.54. The van der Waals surface area contributed by atoms with E-state index in [0.717, 1.165) is 51.8 Å². The van der Waals surface area contributed by atoms with E-state index in [0.29, 0.717) is 11.6 Å². The molecule has 3 aromatic rings. The van der Waals surface area contributed by atoms with Crippen molar-refractivity contribution in [3.63, 3.8) is 0 Å². The smallest absolute Gasteiger partial charge is 0.166 e. The molecule has 1 aromatic heterocycles. The first-order valence-electron chi connectivity index (χ1n) is 8.91. The molecule has 0 saturated heterocycles. The summed E-state index contributed by atoms with van der Waals surface area (Å²) in [5.41, 5.74) is 3.02. The highest BCUT2D eigenvalue weighted by atomic mass is 35.5. The predicted octanol–water partition coefficient (Wildman–Crippen LogP) is 6.21. The van der Waals surface area contributed by atoms with E-state index in [1.807, 2.05) is 55.5 Å². The Morgan fingerprint density at radius 2 is 2.04 bits per heavy atom. The summed E-state index contributed by atoms with van der Waals surface area (Å²) < 4.78 is 11.3. The average Bonchev–Trinajstić information content (AvgIpc) is 3.07. The number of imidazole rings is 1. The van der Waals surface area contributed by atoms with Crippen LogP contribution in [-0.4, -0.2) is 29.4 Å². The lowest BCUT2D eigenvalue weighted by Crippen LogP contribution is -2.00. The van der Waals surface area contributed by atoms with Crippen LogP contribution in [0.5, 0.6) is 11.5 Å². The fourth-order valence-corrected chi connectivity index (χ4v) is 3.74. The number of unbranched alkanes of at least 4 members (excludes halogenated alkanes) is 1. The van der Waals surface area contributed by atoms with Crippen LogP contribution >= 0.6 is 23.4 Å². The lowest BCUT2D eigenvalue weighted by Gasteiger charge is -2.11. The molecule has 0 aliphatic heterocycles. The largest absolute Gasteiger partial charge is 0.493 e. The van der Waals surface area contributed by atoms with Crippen molar-refractivity contribution in [3.05, 3.63) is 53.1 Å². The number of thioether (sulfide) groups is 1. The van der Waals surface area contributed by atoms with Gasteiger partial charge < -0.3 is 14.5 Å². The van der Waals surface area contributed by atoms with Crippen molar-refractivity contribution in [1.29, 1.82) is 0 Å². The van der Waals surface area contributed by atoms with Crippen molar-refractivity contribution in [2.75, 3.05) is 19.5 Å². The van der Waals surface area contributed by atoms with Gasteiger partial charge in [0.15, 0.2) is 16.7 Å². The Hall–Kier alpha value is -2.11. The van der Waals surface area contributed by atoms with Crippen molar-refractivity contribution >= 4 is 40.5 Å². The summed E-state index contributed by atoms with van der Waals surface area (Å²) in [5.74, 6) is 2.53. The second kappa shape index (κ2) is 9.72. The van der Waals surface area contributed by atoms with E-state index < -0.39 is 0 Å². The number of hydrogen-bond acceptors (Lipinski definition) is 4. The minimum absolute atomic E-state index is 0.662. The Kier molecular flexibility index (Phi) is 7.07. The van der Waals surface area contributed by atoms with Gasteiger partial charge in [0, 0.05) is 10.8 Å². The highest BCUT2D eigenvalue weighted by molar-refractivity contribution is 7.99. The van der Waals surface area contributed by atoms with Crippen LogP contribution in [0.25, 0.3) is 17.1 Å². The SMILES string of the molecule is C/C=C/c1ccc(OCCCCSc2nc3ccc(Cl)cc3[nH]2)c(OC)c1. The molecule has 1 N–H and O–H groups in total. The van der Waals surface area contributed by atoms with Crippen LogP contribution < -0.4 is 9.47 Å². The van der Waals surface area contributed by atoms with Gasteiger partial charge in [-0.25, -0.2) is 4.98 Å². The Labute approximate surface area is 168 Å². The van der Waals surface area contributed by atoms with Gasteiger partial charge in [0.25, 0.3) is 0 Å². The third-order valence-corrected chi connectivity index (χ3v) is 5.20. The van der Waals surface area contributed by atoms with Crippen molar-refractivity contribution in [1.82, 2.24) is 9.97 Å².